The first-order valence-corrected chi connectivity index (χ1v) is 25.2. The third-order valence-electron chi connectivity index (χ3n) is 13.3. The van der Waals surface area contributed by atoms with Crippen molar-refractivity contribution in [1.29, 1.82) is 0 Å². The second kappa shape index (κ2) is 16.7. The summed E-state index contributed by atoms with van der Waals surface area (Å²) in [5, 5.41) is 12.4. The van der Waals surface area contributed by atoms with Gasteiger partial charge in [-0.2, -0.15) is 0 Å². The lowest BCUT2D eigenvalue weighted by Crippen LogP contribution is -2.66. The van der Waals surface area contributed by atoms with Crippen molar-refractivity contribution in [2.45, 2.75) is 197 Å². The van der Waals surface area contributed by atoms with Crippen LogP contribution in [0.4, 0.5) is 0 Å². The van der Waals surface area contributed by atoms with Crippen molar-refractivity contribution >= 4 is 19.1 Å². The van der Waals surface area contributed by atoms with E-state index in [1.807, 2.05) is 83.1 Å². The zero-order valence-corrected chi connectivity index (χ0v) is 39.5. The number of ether oxygens (including phenoxy) is 6. The van der Waals surface area contributed by atoms with Gasteiger partial charge >= 0.3 is 0 Å². The summed E-state index contributed by atoms with van der Waals surface area (Å²) in [5.41, 5.74) is -2.42. The molecule has 3 heterocycles. The molecule has 3 fully saturated rings. The lowest BCUT2D eigenvalue weighted by molar-refractivity contribution is -0.353. The molecule has 1 N–H and O–H groups in total. The molecule has 9 nitrogen and oxygen atoms in total. The fraction of sp³-hybridized carbons (Fsp3) is 0.739. The van der Waals surface area contributed by atoms with Crippen LogP contribution in [0.25, 0.3) is 0 Å². The summed E-state index contributed by atoms with van der Waals surface area (Å²) in [7, 11) is -3.97. The summed E-state index contributed by atoms with van der Waals surface area (Å²) in [6, 6.07) is 19.5. The van der Waals surface area contributed by atoms with Gasteiger partial charge < -0.3 is 38.0 Å². The van der Waals surface area contributed by atoms with E-state index in [4.69, 9.17) is 32.8 Å². The molecule has 13 atom stereocenters. The van der Waals surface area contributed by atoms with Crippen molar-refractivity contribution in [3.05, 3.63) is 66.2 Å². The van der Waals surface area contributed by atoms with Gasteiger partial charge in [-0.15, -0.1) is 0 Å². The predicted molar refractivity (Wildman–Crippen MR) is 229 cm³/mol. The molecular formula is C46H74O9SSi. The van der Waals surface area contributed by atoms with Crippen molar-refractivity contribution in [3.8, 4) is 0 Å². The van der Waals surface area contributed by atoms with Gasteiger partial charge in [-0.3, -0.25) is 4.21 Å². The van der Waals surface area contributed by atoms with Crippen molar-refractivity contribution in [1.82, 2.24) is 0 Å². The quantitative estimate of drug-likeness (QED) is 0.176. The van der Waals surface area contributed by atoms with Gasteiger partial charge in [0.15, 0.2) is 19.9 Å². The van der Waals surface area contributed by atoms with Gasteiger partial charge in [0.2, 0.25) is 0 Å². The van der Waals surface area contributed by atoms with Crippen molar-refractivity contribution < 1.29 is 42.2 Å². The Hall–Kier alpha value is -1.51. The van der Waals surface area contributed by atoms with Gasteiger partial charge in [0.25, 0.3) is 0 Å². The van der Waals surface area contributed by atoms with E-state index >= 15 is 4.21 Å². The standard InChI is InChI=1S/C46H74O9SSi/c1-17-35(54-57(15,16)41(5,6)7)45(13)40-46(14,55-43(10,11)53-40)38(52-45)32(4)39(56(48)34-26-22-19-23-27-34)44(12,47)37-31(3)36(50-42(8,9)51-37)30(2)28-49-29-33-24-20-18-21-25-33/h18-27,30-32,35-40,47H,17,28-29H2,1-16H3/t30-,31-,32-,35+,36+,37+,38-,39?,40+,44-,45+,46-,56?/m0/s1. The Bertz CT molecular complexity index is 1660. The summed E-state index contributed by atoms with van der Waals surface area (Å²) in [6.45, 7) is 34.1. The molecule has 0 spiro atoms. The molecule has 2 aromatic rings. The number of hydrogen-bond acceptors (Lipinski definition) is 9. The number of hydrogen-bond donors (Lipinski definition) is 1. The topological polar surface area (TPSA) is 102 Å². The maximum absolute atomic E-state index is 15.3. The highest BCUT2D eigenvalue weighted by atomic mass is 32.2. The highest BCUT2D eigenvalue weighted by molar-refractivity contribution is 7.85. The summed E-state index contributed by atoms with van der Waals surface area (Å²) in [5.74, 6) is -2.80. The highest BCUT2D eigenvalue weighted by Crippen LogP contribution is 2.57. The van der Waals surface area contributed by atoms with Crippen LogP contribution in [-0.2, 0) is 50.3 Å². The molecule has 5 rings (SSSR count). The normalized spacial score (nSPS) is 33.8. The Morgan fingerprint density at radius 1 is 0.860 bits per heavy atom. The van der Waals surface area contributed by atoms with Crippen molar-refractivity contribution in [2.75, 3.05) is 6.61 Å². The zero-order valence-electron chi connectivity index (χ0n) is 37.7. The first-order chi connectivity index (χ1) is 26.2. The average Bonchev–Trinajstić information content (AvgIpc) is 3.50. The van der Waals surface area contributed by atoms with Crippen LogP contribution in [0.5, 0.6) is 0 Å². The third-order valence-corrected chi connectivity index (χ3v) is 19.9. The van der Waals surface area contributed by atoms with Crippen LogP contribution in [0.1, 0.15) is 109 Å². The maximum Gasteiger partial charge on any atom is 0.192 e. The van der Waals surface area contributed by atoms with E-state index in [1.165, 1.54) is 0 Å². The molecular weight excluding hydrogens is 757 g/mol. The lowest BCUT2D eigenvalue weighted by Gasteiger charge is -2.53. The van der Waals surface area contributed by atoms with Crippen LogP contribution in [0.15, 0.2) is 65.6 Å². The van der Waals surface area contributed by atoms with E-state index < -0.39 is 77.0 Å². The van der Waals surface area contributed by atoms with E-state index in [-0.39, 0.29) is 29.1 Å². The SMILES string of the molecule is CC[C@@H](O[Si](C)(C)C(C)(C)C)[C@@]1(C)O[C@@H]([C@H](C)C(S(=O)c2ccccc2)[C@@](C)(O)[C@@H]2OC(C)(C)O[C@H]([C@@H](C)COCc3ccccc3)[C@@H]2C)[C@]2(C)OC(C)(C)O[C@H]12. The van der Waals surface area contributed by atoms with Gasteiger partial charge in [-0.25, -0.2) is 0 Å². The smallest absolute Gasteiger partial charge is 0.192 e. The fourth-order valence-corrected chi connectivity index (χ4v) is 13.0. The van der Waals surface area contributed by atoms with Crippen LogP contribution in [0.3, 0.4) is 0 Å². The Kier molecular flexibility index (Phi) is 13.7. The van der Waals surface area contributed by atoms with E-state index in [1.54, 1.807) is 6.92 Å². The van der Waals surface area contributed by atoms with Crippen LogP contribution in [-0.4, -0.2) is 88.4 Å². The number of aliphatic hydroxyl groups is 1. The minimum absolute atomic E-state index is 0.0222. The molecule has 11 heteroatoms. The summed E-state index contributed by atoms with van der Waals surface area (Å²) >= 11 is 0. The number of benzene rings is 2. The minimum atomic E-state index is -2.26. The minimum Gasteiger partial charge on any atom is -0.411 e. The van der Waals surface area contributed by atoms with Crippen LogP contribution in [0, 0.1) is 17.8 Å². The first-order valence-electron chi connectivity index (χ1n) is 21.1. The molecule has 2 aromatic carbocycles. The number of fused-ring (bicyclic) bond motifs is 1. The summed E-state index contributed by atoms with van der Waals surface area (Å²) in [6.07, 6.45) is -1.82. The first kappa shape index (κ1) is 46.6. The van der Waals surface area contributed by atoms with E-state index in [9.17, 15) is 5.11 Å². The van der Waals surface area contributed by atoms with Gasteiger partial charge in [-0.05, 0) is 90.7 Å². The lowest BCUT2D eigenvalue weighted by atomic mass is 9.73. The third kappa shape index (κ3) is 9.38. The van der Waals surface area contributed by atoms with Gasteiger partial charge in [0.05, 0.1) is 53.7 Å². The summed E-state index contributed by atoms with van der Waals surface area (Å²) < 4.78 is 63.1. The average molecular weight is 831 g/mol. The molecule has 0 saturated carbocycles. The second-order valence-electron chi connectivity index (χ2n) is 20.2. The van der Waals surface area contributed by atoms with E-state index in [0.717, 1.165) is 5.56 Å². The monoisotopic (exact) mass is 830 g/mol. The Morgan fingerprint density at radius 3 is 2.00 bits per heavy atom. The highest BCUT2D eigenvalue weighted by Gasteiger charge is 2.72. The van der Waals surface area contributed by atoms with Crippen molar-refractivity contribution in [2.24, 2.45) is 17.8 Å². The van der Waals surface area contributed by atoms with E-state index in [2.05, 4.69) is 80.6 Å². The van der Waals surface area contributed by atoms with Crippen LogP contribution in [0.2, 0.25) is 18.1 Å². The Morgan fingerprint density at radius 2 is 1.44 bits per heavy atom. The molecule has 0 amide bonds. The molecule has 0 radical (unpaired) electrons. The Labute approximate surface area is 347 Å². The predicted octanol–water partition coefficient (Wildman–Crippen LogP) is 9.43. The van der Waals surface area contributed by atoms with Gasteiger partial charge in [-0.1, -0.05) is 97.0 Å². The largest absolute Gasteiger partial charge is 0.411 e. The molecule has 0 bridgehead atoms. The second-order valence-corrected chi connectivity index (χ2v) is 26.5. The zero-order chi connectivity index (χ0) is 42.6. The molecule has 322 valence electrons. The fourth-order valence-electron chi connectivity index (χ4n) is 9.70. The molecule has 3 saturated heterocycles. The molecule has 0 aliphatic carbocycles. The van der Waals surface area contributed by atoms with Crippen molar-refractivity contribution in [3.63, 3.8) is 0 Å². The molecule has 57 heavy (non-hydrogen) atoms. The molecule has 3 aliphatic rings. The number of rotatable bonds is 15. The maximum atomic E-state index is 15.3. The van der Waals surface area contributed by atoms with Gasteiger partial charge in [0, 0.05) is 22.6 Å². The van der Waals surface area contributed by atoms with Crippen LogP contribution < -0.4 is 0 Å². The van der Waals surface area contributed by atoms with Crippen LogP contribution >= 0.6 is 0 Å². The van der Waals surface area contributed by atoms with Gasteiger partial charge in [0.1, 0.15) is 22.9 Å². The molecule has 3 aliphatic heterocycles. The van der Waals surface area contributed by atoms with E-state index in [0.29, 0.717) is 24.5 Å². The summed E-state index contributed by atoms with van der Waals surface area (Å²) in [4.78, 5) is 0.618. The molecule has 0 aromatic heterocycles. The Balaban J connectivity index is 1.54. The molecule has 2 unspecified atom stereocenters.